The summed E-state index contributed by atoms with van der Waals surface area (Å²) in [5, 5.41) is 1.15. The van der Waals surface area contributed by atoms with E-state index in [2.05, 4.69) is 34.2 Å². The number of ether oxygens (including phenoxy) is 1. The maximum Gasteiger partial charge on any atom is 0.152 e. The van der Waals surface area contributed by atoms with Crippen molar-refractivity contribution in [3.8, 4) is 5.75 Å². The molecule has 0 fully saturated rings. The van der Waals surface area contributed by atoms with Crippen LogP contribution in [0.5, 0.6) is 5.75 Å². The van der Waals surface area contributed by atoms with E-state index >= 15 is 0 Å². The molecule has 0 bridgehead atoms. The normalized spacial score (nSPS) is 18.6. The standard InChI is InChI=1S/C19H22N2O/c1-2-5-15(6-3-1)10-12-21-13-17-9-8-16-7-4-11-20-18(16)19(17)22-14-21/h4-5,7-9,11H,1-3,6,10,12-14H2. The van der Waals surface area contributed by atoms with Gasteiger partial charge in [-0.1, -0.05) is 29.8 Å². The molecule has 0 unspecified atom stereocenters. The monoisotopic (exact) mass is 294 g/mol. The molecule has 4 rings (SSSR count). The van der Waals surface area contributed by atoms with Gasteiger partial charge in [-0.25, -0.2) is 0 Å². The number of rotatable bonds is 3. The molecule has 0 radical (unpaired) electrons. The van der Waals surface area contributed by atoms with Crippen LogP contribution < -0.4 is 4.74 Å². The minimum atomic E-state index is 0.677. The van der Waals surface area contributed by atoms with Crippen molar-refractivity contribution in [2.45, 2.75) is 38.6 Å². The summed E-state index contributed by atoms with van der Waals surface area (Å²) in [6.45, 7) is 2.73. The van der Waals surface area contributed by atoms with Gasteiger partial charge in [0.1, 0.15) is 12.2 Å². The van der Waals surface area contributed by atoms with E-state index in [1.165, 1.54) is 37.7 Å². The van der Waals surface area contributed by atoms with Gasteiger partial charge >= 0.3 is 0 Å². The third-order valence-electron chi connectivity index (χ3n) is 4.73. The second-order valence-electron chi connectivity index (χ2n) is 6.31. The van der Waals surface area contributed by atoms with Crippen molar-refractivity contribution < 1.29 is 4.74 Å². The topological polar surface area (TPSA) is 25.4 Å². The number of pyridine rings is 1. The lowest BCUT2D eigenvalue weighted by atomic mass is 9.97. The van der Waals surface area contributed by atoms with Crippen molar-refractivity contribution in [1.82, 2.24) is 9.88 Å². The predicted octanol–water partition coefficient (Wildman–Crippen LogP) is 4.28. The molecule has 22 heavy (non-hydrogen) atoms. The third kappa shape index (κ3) is 2.73. The fraction of sp³-hybridized carbons (Fsp3) is 0.421. The van der Waals surface area contributed by atoms with Crippen molar-refractivity contribution in [1.29, 1.82) is 0 Å². The molecule has 0 saturated heterocycles. The van der Waals surface area contributed by atoms with E-state index in [1.54, 1.807) is 5.57 Å². The smallest absolute Gasteiger partial charge is 0.152 e. The van der Waals surface area contributed by atoms with Gasteiger partial charge in [0.2, 0.25) is 0 Å². The Labute approximate surface area is 131 Å². The van der Waals surface area contributed by atoms with Crippen molar-refractivity contribution in [3.63, 3.8) is 0 Å². The first kappa shape index (κ1) is 13.8. The van der Waals surface area contributed by atoms with Crippen molar-refractivity contribution in [3.05, 3.63) is 47.7 Å². The maximum absolute atomic E-state index is 6.03. The van der Waals surface area contributed by atoms with Gasteiger partial charge in [-0.3, -0.25) is 9.88 Å². The number of allylic oxidation sites excluding steroid dienone is 1. The molecule has 2 aliphatic rings. The zero-order chi connectivity index (χ0) is 14.8. The number of benzene rings is 1. The fourth-order valence-electron chi connectivity index (χ4n) is 3.47. The molecule has 3 heteroatoms. The molecular weight excluding hydrogens is 272 g/mol. The largest absolute Gasteiger partial charge is 0.475 e. The number of aromatic nitrogens is 1. The van der Waals surface area contributed by atoms with Gasteiger partial charge in [0.15, 0.2) is 5.75 Å². The molecule has 2 heterocycles. The fourth-order valence-corrected chi connectivity index (χ4v) is 3.47. The van der Waals surface area contributed by atoms with E-state index in [-0.39, 0.29) is 0 Å². The van der Waals surface area contributed by atoms with Gasteiger partial charge < -0.3 is 4.74 Å². The summed E-state index contributed by atoms with van der Waals surface area (Å²) in [5.74, 6) is 0.978. The van der Waals surface area contributed by atoms with Crippen molar-refractivity contribution >= 4 is 10.9 Å². The Morgan fingerprint density at radius 3 is 3.09 bits per heavy atom. The Kier molecular flexibility index (Phi) is 3.81. The number of nitrogens with zero attached hydrogens (tertiary/aromatic N) is 2. The highest BCUT2D eigenvalue weighted by Crippen LogP contribution is 2.32. The molecule has 2 aromatic rings. The molecule has 0 saturated carbocycles. The Balaban J connectivity index is 1.47. The lowest BCUT2D eigenvalue weighted by molar-refractivity contribution is 0.0977. The van der Waals surface area contributed by atoms with Gasteiger partial charge in [0, 0.05) is 30.2 Å². The van der Waals surface area contributed by atoms with Crippen LogP contribution in [-0.2, 0) is 6.54 Å². The Hall–Kier alpha value is -1.87. The van der Waals surface area contributed by atoms with Gasteiger partial charge in [-0.15, -0.1) is 0 Å². The van der Waals surface area contributed by atoms with E-state index in [0.29, 0.717) is 6.73 Å². The maximum atomic E-state index is 6.03. The second-order valence-corrected chi connectivity index (χ2v) is 6.31. The zero-order valence-electron chi connectivity index (χ0n) is 12.9. The molecule has 3 nitrogen and oxygen atoms in total. The third-order valence-corrected chi connectivity index (χ3v) is 4.73. The highest BCUT2D eigenvalue weighted by atomic mass is 16.5. The van der Waals surface area contributed by atoms with Crippen LogP contribution in [0, 0.1) is 0 Å². The average Bonchev–Trinajstić information content (AvgIpc) is 2.60. The zero-order valence-corrected chi connectivity index (χ0v) is 12.9. The van der Waals surface area contributed by atoms with Gasteiger partial charge in [-0.05, 0) is 38.2 Å². The molecule has 114 valence electrons. The minimum Gasteiger partial charge on any atom is -0.475 e. The number of hydrogen-bond donors (Lipinski definition) is 0. The summed E-state index contributed by atoms with van der Waals surface area (Å²) >= 11 is 0. The van der Waals surface area contributed by atoms with Crippen LogP contribution in [0.4, 0.5) is 0 Å². The van der Waals surface area contributed by atoms with Crippen LogP contribution in [0.3, 0.4) is 0 Å². The van der Waals surface area contributed by atoms with E-state index in [4.69, 9.17) is 4.74 Å². The SMILES string of the molecule is C1=C(CCN2COc3c(ccc4cccnc34)C2)CCCC1. The minimum absolute atomic E-state index is 0.677. The summed E-state index contributed by atoms with van der Waals surface area (Å²) in [5.41, 5.74) is 3.89. The molecule has 1 aliphatic heterocycles. The summed E-state index contributed by atoms with van der Waals surface area (Å²) in [7, 11) is 0. The van der Waals surface area contributed by atoms with Crippen LogP contribution >= 0.6 is 0 Å². The first-order valence-corrected chi connectivity index (χ1v) is 8.30. The first-order chi connectivity index (χ1) is 10.9. The van der Waals surface area contributed by atoms with Crippen LogP contribution in [0.1, 0.15) is 37.7 Å². The lowest BCUT2D eigenvalue weighted by Crippen LogP contribution is -2.33. The van der Waals surface area contributed by atoms with Gasteiger partial charge in [0.25, 0.3) is 0 Å². The highest BCUT2D eigenvalue weighted by molar-refractivity contribution is 5.85. The Morgan fingerprint density at radius 2 is 2.18 bits per heavy atom. The van der Waals surface area contributed by atoms with Crippen LogP contribution in [-0.4, -0.2) is 23.2 Å². The predicted molar refractivity (Wildman–Crippen MR) is 88.8 cm³/mol. The Morgan fingerprint density at radius 1 is 1.18 bits per heavy atom. The molecule has 0 amide bonds. The quantitative estimate of drug-likeness (QED) is 0.790. The van der Waals surface area contributed by atoms with Gasteiger partial charge in [0.05, 0.1) is 0 Å². The van der Waals surface area contributed by atoms with E-state index in [0.717, 1.165) is 29.7 Å². The first-order valence-electron chi connectivity index (χ1n) is 8.30. The lowest BCUT2D eigenvalue weighted by Gasteiger charge is -2.30. The summed E-state index contributed by atoms with van der Waals surface area (Å²) in [6.07, 6.45) is 10.8. The van der Waals surface area contributed by atoms with Crippen LogP contribution in [0.15, 0.2) is 42.1 Å². The van der Waals surface area contributed by atoms with Crippen LogP contribution in [0.25, 0.3) is 10.9 Å². The molecule has 1 aliphatic carbocycles. The average molecular weight is 294 g/mol. The summed E-state index contributed by atoms with van der Waals surface area (Å²) in [6, 6.07) is 8.40. The summed E-state index contributed by atoms with van der Waals surface area (Å²) in [4.78, 5) is 6.88. The second kappa shape index (κ2) is 6.09. The number of fused-ring (bicyclic) bond motifs is 3. The molecule has 0 atom stereocenters. The molecule has 1 aromatic carbocycles. The highest BCUT2D eigenvalue weighted by Gasteiger charge is 2.20. The molecule has 0 spiro atoms. The molecular formula is C19H22N2O. The molecule has 0 N–H and O–H groups in total. The number of hydrogen-bond acceptors (Lipinski definition) is 3. The summed E-state index contributed by atoms with van der Waals surface area (Å²) < 4.78 is 6.03. The van der Waals surface area contributed by atoms with Crippen LogP contribution in [0.2, 0.25) is 0 Å². The molecule has 1 aromatic heterocycles. The van der Waals surface area contributed by atoms with Crippen molar-refractivity contribution in [2.75, 3.05) is 13.3 Å². The van der Waals surface area contributed by atoms with E-state index in [9.17, 15) is 0 Å². The van der Waals surface area contributed by atoms with E-state index < -0.39 is 0 Å². The van der Waals surface area contributed by atoms with Crippen molar-refractivity contribution in [2.24, 2.45) is 0 Å². The Bertz CT molecular complexity index is 708. The van der Waals surface area contributed by atoms with E-state index in [1.807, 2.05) is 12.3 Å². The van der Waals surface area contributed by atoms with Gasteiger partial charge in [-0.2, -0.15) is 0 Å².